The standard InChI is InChI=1S/C18H20N2/c1-12-5-6-13(2)18-17(12)14(3)15(4)20(18)11-16-7-9-19-10-8-16/h5-10H,11H2,1-4H3. The predicted octanol–water partition coefficient (Wildman–Crippen LogP) is 4.32. The third-order valence-corrected chi connectivity index (χ3v) is 4.27. The lowest BCUT2D eigenvalue weighted by molar-refractivity contribution is 0.797. The van der Waals surface area contributed by atoms with Crippen LogP contribution in [0, 0.1) is 27.7 Å². The van der Waals surface area contributed by atoms with E-state index in [1.165, 1.54) is 38.9 Å². The highest BCUT2D eigenvalue weighted by molar-refractivity contribution is 5.90. The van der Waals surface area contributed by atoms with Gasteiger partial charge < -0.3 is 4.57 Å². The van der Waals surface area contributed by atoms with Gasteiger partial charge in [-0.3, -0.25) is 4.98 Å². The van der Waals surface area contributed by atoms with E-state index in [0.717, 1.165) is 6.54 Å². The molecule has 0 N–H and O–H groups in total. The minimum absolute atomic E-state index is 0.906. The highest BCUT2D eigenvalue weighted by Gasteiger charge is 2.14. The van der Waals surface area contributed by atoms with Gasteiger partial charge in [0.1, 0.15) is 0 Å². The number of rotatable bonds is 2. The third-order valence-electron chi connectivity index (χ3n) is 4.27. The van der Waals surface area contributed by atoms with Gasteiger partial charge in [-0.25, -0.2) is 0 Å². The van der Waals surface area contributed by atoms with Crippen molar-refractivity contribution in [1.82, 2.24) is 9.55 Å². The lowest BCUT2D eigenvalue weighted by Crippen LogP contribution is -2.03. The van der Waals surface area contributed by atoms with E-state index < -0.39 is 0 Å². The molecule has 0 amide bonds. The summed E-state index contributed by atoms with van der Waals surface area (Å²) < 4.78 is 2.43. The van der Waals surface area contributed by atoms with Crippen LogP contribution in [-0.4, -0.2) is 9.55 Å². The number of pyridine rings is 1. The molecular formula is C18H20N2. The third kappa shape index (κ3) is 1.92. The van der Waals surface area contributed by atoms with Gasteiger partial charge in [0.2, 0.25) is 0 Å². The molecule has 0 radical (unpaired) electrons. The predicted molar refractivity (Wildman–Crippen MR) is 84.2 cm³/mol. The molecule has 2 heteroatoms. The van der Waals surface area contributed by atoms with E-state index in [9.17, 15) is 0 Å². The molecule has 0 bridgehead atoms. The second-order valence-electron chi connectivity index (χ2n) is 5.57. The van der Waals surface area contributed by atoms with Crippen molar-refractivity contribution in [3.05, 3.63) is 64.6 Å². The summed E-state index contributed by atoms with van der Waals surface area (Å²) in [6.45, 7) is 9.75. The lowest BCUT2D eigenvalue weighted by atomic mass is 10.0. The summed E-state index contributed by atoms with van der Waals surface area (Å²) in [5.41, 5.74) is 8.12. The molecule has 3 aromatic rings. The smallest absolute Gasteiger partial charge is 0.0520 e. The van der Waals surface area contributed by atoms with Gasteiger partial charge in [-0.05, 0) is 62.1 Å². The molecule has 2 nitrogen and oxygen atoms in total. The quantitative estimate of drug-likeness (QED) is 0.674. The van der Waals surface area contributed by atoms with Crippen LogP contribution in [0.15, 0.2) is 36.7 Å². The summed E-state index contributed by atoms with van der Waals surface area (Å²) >= 11 is 0. The molecule has 20 heavy (non-hydrogen) atoms. The second-order valence-corrected chi connectivity index (χ2v) is 5.57. The number of hydrogen-bond donors (Lipinski definition) is 0. The summed E-state index contributed by atoms with van der Waals surface area (Å²) in [4.78, 5) is 4.10. The Hall–Kier alpha value is -2.09. The van der Waals surface area contributed by atoms with E-state index in [0.29, 0.717) is 0 Å². The molecule has 0 saturated heterocycles. The Kier molecular flexibility index (Phi) is 3.09. The van der Waals surface area contributed by atoms with Crippen molar-refractivity contribution >= 4 is 10.9 Å². The van der Waals surface area contributed by atoms with Gasteiger partial charge in [0.05, 0.1) is 5.52 Å². The first-order valence-electron chi connectivity index (χ1n) is 7.04. The summed E-state index contributed by atoms with van der Waals surface area (Å²) in [5, 5.41) is 1.41. The monoisotopic (exact) mass is 264 g/mol. The maximum absolute atomic E-state index is 4.10. The van der Waals surface area contributed by atoms with Crippen molar-refractivity contribution in [2.45, 2.75) is 34.2 Å². The van der Waals surface area contributed by atoms with Crippen LogP contribution in [0.1, 0.15) is 27.9 Å². The topological polar surface area (TPSA) is 17.8 Å². The van der Waals surface area contributed by atoms with Crippen molar-refractivity contribution in [2.24, 2.45) is 0 Å². The van der Waals surface area contributed by atoms with Gasteiger partial charge in [0.15, 0.2) is 0 Å². The van der Waals surface area contributed by atoms with Gasteiger partial charge in [0.25, 0.3) is 0 Å². The number of nitrogens with zero attached hydrogens (tertiary/aromatic N) is 2. The number of aryl methyl sites for hydroxylation is 3. The number of benzene rings is 1. The highest BCUT2D eigenvalue weighted by Crippen LogP contribution is 2.31. The van der Waals surface area contributed by atoms with Crippen LogP contribution in [0.5, 0.6) is 0 Å². The molecule has 0 fully saturated rings. The summed E-state index contributed by atoms with van der Waals surface area (Å²) in [7, 11) is 0. The van der Waals surface area contributed by atoms with Crippen LogP contribution in [0.2, 0.25) is 0 Å². The van der Waals surface area contributed by atoms with Crippen LogP contribution in [0.25, 0.3) is 10.9 Å². The minimum atomic E-state index is 0.906. The Morgan fingerprint density at radius 2 is 1.55 bits per heavy atom. The van der Waals surface area contributed by atoms with E-state index in [2.05, 4.69) is 61.5 Å². The first-order chi connectivity index (χ1) is 9.59. The molecule has 0 atom stereocenters. The second kappa shape index (κ2) is 4.78. The zero-order valence-corrected chi connectivity index (χ0v) is 12.6. The zero-order chi connectivity index (χ0) is 14.3. The van der Waals surface area contributed by atoms with E-state index >= 15 is 0 Å². The van der Waals surface area contributed by atoms with Crippen LogP contribution >= 0.6 is 0 Å². The van der Waals surface area contributed by atoms with Crippen molar-refractivity contribution < 1.29 is 0 Å². The normalized spacial score (nSPS) is 11.2. The van der Waals surface area contributed by atoms with Crippen LogP contribution in [-0.2, 0) is 6.54 Å². The Morgan fingerprint density at radius 3 is 2.25 bits per heavy atom. The fraction of sp³-hybridized carbons (Fsp3) is 0.278. The number of hydrogen-bond acceptors (Lipinski definition) is 1. The van der Waals surface area contributed by atoms with Crippen molar-refractivity contribution in [2.75, 3.05) is 0 Å². The van der Waals surface area contributed by atoms with Gasteiger partial charge in [-0.1, -0.05) is 12.1 Å². The highest BCUT2D eigenvalue weighted by atomic mass is 15.0. The largest absolute Gasteiger partial charge is 0.340 e. The van der Waals surface area contributed by atoms with Gasteiger partial charge in [-0.15, -0.1) is 0 Å². The maximum atomic E-state index is 4.10. The average Bonchev–Trinajstić information content (AvgIpc) is 2.70. The Labute approximate surface area is 120 Å². The molecule has 102 valence electrons. The molecule has 2 aromatic heterocycles. The first kappa shape index (κ1) is 12.9. The summed E-state index contributed by atoms with van der Waals surface area (Å²) in [6, 6.07) is 8.62. The Balaban J connectivity index is 2.25. The van der Waals surface area contributed by atoms with Crippen LogP contribution < -0.4 is 0 Å². The number of aromatic nitrogens is 2. The van der Waals surface area contributed by atoms with Crippen molar-refractivity contribution in [1.29, 1.82) is 0 Å². The van der Waals surface area contributed by atoms with Gasteiger partial charge >= 0.3 is 0 Å². The summed E-state index contributed by atoms with van der Waals surface area (Å²) in [5.74, 6) is 0. The molecule has 1 aromatic carbocycles. The lowest BCUT2D eigenvalue weighted by Gasteiger charge is -2.10. The number of fused-ring (bicyclic) bond motifs is 1. The zero-order valence-electron chi connectivity index (χ0n) is 12.6. The van der Waals surface area contributed by atoms with Crippen molar-refractivity contribution in [3.8, 4) is 0 Å². The van der Waals surface area contributed by atoms with E-state index in [-0.39, 0.29) is 0 Å². The summed E-state index contributed by atoms with van der Waals surface area (Å²) in [6.07, 6.45) is 3.72. The Bertz CT molecular complexity index is 767. The average molecular weight is 264 g/mol. The van der Waals surface area contributed by atoms with E-state index in [1.807, 2.05) is 12.4 Å². The van der Waals surface area contributed by atoms with Crippen LogP contribution in [0.3, 0.4) is 0 Å². The molecule has 0 aliphatic rings. The van der Waals surface area contributed by atoms with Crippen molar-refractivity contribution in [3.63, 3.8) is 0 Å². The van der Waals surface area contributed by atoms with Gasteiger partial charge in [-0.2, -0.15) is 0 Å². The molecular weight excluding hydrogens is 244 g/mol. The van der Waals surface area contributed by atoms with E-state index in [1.54, 1.807) is 0 Å². The Morgan fingerprint density at radius 1 is 0.900 bits per heavy atom. The molecule has 0 saturated carbocycles. The molecule has 3 rings (SSSR count). The maximum Gasteiger partial charge on any atom is 0.0520 e. The first-order valence-corrected chi connectivity index (χ1v) is 7.04. The van der Waals surface area contributed by atoms with E-state index in [4.69, 9.17) is 0 Å². The molecule has 0 aliphatic heterocycles. The minimum Gasteiger partial charge on any atom is -0.340 e. The van der Waals surface area contributed by atoms with Gasteiger partial charge in [0, 0.05) is 30.0 Å². The molecule has 0 aliphatic carbocycles. The SMILES string of the molecule is Cc1ccc(C)c2c1c(C)c(C)n2Cc1ccncc1. The molecule has 2 heterocycles. The molecule has 0 spiro atoms. The fourth-order valence-corrected chi connectivity index (χ4v) is 3.04. The molecule has 0 unspecified atom stereocenters. The van der Waals surface area contributed by atoms with Crippen LogP contribution in [0.4, 0.5) is 0 Å². The fourth-order valence-electron chi connectivity index (χ4n) is 3.04.